The Morgan fingerprint density at radius 2 is 2.27 bits per heavy atom. The zero-order valence-corrected chi connectivity index (χ0v) is 12.9. The van der Waals surface area contributed by atoms with Crippen molar-refractivity contribution >= 4 is 34.6 Å². The number of thiocarbonyl (C=S) groups is 1. The van der Waals surface area contributed by atoms with Crippen molar-refractivity contribution < 1.29 is 27.8 Å². The van der Waals surface area contributed by atoms with E-state index in [0.717, 1.165) is 11.3 Å². The first-order chi connectivity index (χ1) is 10.2. The van der Waals surface area contributed by atoms with Gasteiger partial charge in [0.15, 0.2) is 5.11 Å². The fourth-order valence-corrected chi connectivity index (χ4v) is 3.34. The maximum atomic E-state index is 13.4. The summed E-state index contributed by atoms with van der Waals surface area (Å²) < 4.78 is 44.8. The summed E-state index contributed by atoms with van der Waals surface area (Å²) in [4.78, 5) is 12.5. The maximum absolute atomic E-state index is 13.4. The monoisotopic (exact) mass is 354 g/mol. The fraction of sp³-hybridized carbons (Fsp3) is 0.500. The first kappa shape index (κ1) is 17.0. The third-order valence-electron chi connectivity index (χ3n) is 3.20. The Morgan fingerprint density at radius 3 is 2.77 bits per heavy atom. The van der Waals surface area contributed by atoms with E-state index in [1.807, 2.05) is 0 Å². The number of hydrogen-bond acceptors (Lipinski definition) is 5. The molecule has 5 nitrogen and oxygen atoms in total. The second-order valence-electron chi connectivity index (χ2n) is 4.59. The average Bonchev–Trinajstić information content (AvgIpc) is 2.90. The van der Waals surface area contributed by atoms with Crippen LogP contribution in [0.5, 0.6) is 0 Å². The van der Waals surface area contributed by atoms with Gasteiger partial charge in [-0.1, -0.05) is 6.07 Å². The molecule has 2 heterocycles. The summed E-state index contributed by atoms with van der Waals surface area (Å²) >= 11 is 5.89. The van der Waals surface area contributed by atoms with E-state index in [1.54, 1.807) is 22.8 Å². The number of aliphatic hydroxyl groups is 1. The zero-order valence-electron chi connectivity index (χ0n) is 11.3. The Hall–Kier alpha value is -1.39. The van der Waals surface area contributed by atoms with Crippen LogP contribution in [0.4, 0.5) is 13.2 Å². The van der Waals surface area contributed by atoms with Crippen molar-refractivity contribution in [3.05, 3.63) is 22.4 Å². The van der Waals surface area contributed by atoms with Crippen LogP contribution in [-0.4, -0.2) is 34.7 Å². The number of ether oxygens (including phenoxy) is 1. The second-order valence-corrected chi connectivity index (χ2v) is 5.97. The Kier molecular flexibility index (Phi) is 4.64. The van der Waals surface area contributed by atoms with E-state index in [0.29, 0.717) is 4.88 Å². The summed E-state index contributed by atoms with van der Waals surface area (Å²) in [5, 5.41) is 15.8. The molecule has 0 saturated carbocycles. The van der Waals surface area contributed by atoms with Crippen molar-refractivity contribution in [2.24, 2.45) is 5.92 Å². The normalized spacial score (nSPS) is 28.7. The molecule has 10 heteroatoms. The molecule has 0 aromatic carbocycles. The highest BCUT2D eigenvalue weighted by molar-refractivity contribution is 7.80. The lowest BCUT2D eigenvalue weighted by Crippen LogP contribution is -2.72. The SMILES string of the molecule is CCOC(=O)[C@H]1[C@@H](c2cccs2)NC(=S)N[C@@]1(O)C(F)(F)F. The number of carbonyl (C=O) groups excluding carboxylic acids is 1. The van der Waals surface area contributed by atoms with Crippen molar-refractivity contribution in [1.29, 1.82) is 0 Å². The summed E-state index contributed by atoms with van der Waals surface area (Å²) in [5.74, 6) is -3.10. The van der Waals surface area contributed by atoms with Crippen LogP contribution in [0.25, 0.3) is 0 Å². The molecule has 1 aliphatic rings. The van der Waals surface area contributed by atoms with Crippen molar-refractivity contribution in [3.63, 3.8) is 0 Å². The van der Waals surface area contributed by atoms with Crippen LogP contribution < -0.4 is 10.6 Å². The van der Waals surface area contributed by atoms with Crippen molar-refractivity contribution in [1.82, 2.24) is 10.6 Å². The molecular weight excluding hydrogens is 341 g/mol. The molecule has 3 atom stereocenters. The van der Waals surface area contributed by atoms with Crippen LogP contribution in [0, 0.1) is 5.92 Å². The van der Waals surface area contributed by atoms with Gasteiger partial charge < -0.3 is 20.5 Å². The molecule has 1 saturated heterocycles. The summed E-state index contributed by atoms with van der Waals surface area (Å²) in [5.41, 5.74) is -3.50. The molecule has 0 radical (unpaired) electrons. The van der Waals surface area contributed by atoms with E-state index in [2.05, 4.69) is 5.32 Å². The van der Waals surface area contributed by atoms with Gasteiger partial charge in [-0.05, 0) is 30.6 Å². The molecule has 1 aromatic heterocycles. The quantitative estimate of drug-likeness (QED) is 0.567. The van der Waals surface area contributed by atoms with Crippen molar-refractivity contribution in [2.45, 2.75) is 24.9 Å². The highest BCUT2D eigenvalue weighted by atomic mass is 32.1. The lowest BCUT2D eigenvalue weighted by Gasteiger charge is -2.45. The highest BCUT2D eigenvalue weighted by Gasteiger charge is 2.66. The van der Waals surface area contributed by atoms with Crippen LogP contribution >= 0.6 is 23.6 Å². The second kappa shape index (κ2) is 6.01. The largest absolute Gasteiger partial charge is 0.466 e. The van der Waals surface area contributed by atoms with E-state index in [9.17, 15) is 23.1 Å². The smallest absolute Gasteiger partial charge is 0.437 e. The van der Waals surface area contributed by atoms with Gasteiger partial charge in [-0.15, -0.1) is 11.3 Å². The number of rotatable bonds is 3. The summed E-state index contributed by atoms with van der Waals surface area (Å²) in [6, 6.07) is 2.04. The minimum atomic E-state index is -5.12. The van der Waals surface area contributed by atoms with E-state index in [4.69, 9.17) is 17.0 Å². The maximum Gasteiger partial charge on any atom is 0.437 e. The number of thiophene rings is 1. The Labute approximate surface area is 133 Å². The van der Waals surface area contributed by atoms with Crippen LogP contribution in [0.15, 0.2) is 17.5 Å². The Balaban J connectivity index is 2.51. The van der Waals surface area contributed by atoms with Gasteiger partial charge in [0.2, 0.25) is 0 Å². The lowest BCUT2D eigenvalue weighted by atomic mass is 9.85. The molecule has 2 rings (SSSR count). The Bertz CT molecular complexity index is 564. The molecule has 0 bridgehead atoms. The minimum absolute atomic E-state index is 0.106. The van der Waals surface area contributed by atoms with E-state index in [1.165, 1.54) is 6.92 Å². The van der Waals surface area contributed by atoms with Crippen LogP contribution in [0.3, 0.4) is 0 Å². The van der Waals surface area contributed by atoms with Crippen LogP contribution in [-0.2, 0) is 9.53 Å². The predicted octanol–water partition coefficient (Wildman–Crippen LogP) is 1.70. The van der Waals surface area contributed by atoms with Gasteiger partial charge in [-0.3, -0.25) is 4.79 Å². The number of nitrogens with one attached hydrogen (secondary N) is 2. The number of hydrogen-bond donors (Lipinski definition) is 3. The third-order valence-corrected chi connectivity index (χ3v) is 4.37. The molecular formula is C12H13F3N2O3S2. The molecule has 3 N–H and O–H groups in total. The van der Waals surface area contributed by atoms with Gasteiger partial charge in [-0.2, -0.15) is 13.2 Å². The summed E-state index contributed by atoms with van der Waals surface area (Å²) in [7, 11) is 0. The molecule has 22 heavy (non-hydrogen) atoms. The molecule has 0 aliphatic carbocycles. The molecule has 0 amide bonds. The first-order valence-electron chi connectivity index (χ1n) is 6.28. The van der Waals surface area contributed by atoms with Crippen molar-refractivity contribution in [3.8, 4) is 0 Å². The molecule has 122 valence electrons. The topological polar surface area (TPSA) is 70.6 Å². The van der Waals surface area contributed by atoms with E-state index in [-0.39, 0.29) is 6.61 Å². The van der Waals surface area contributed by atoms with E-state index >= 15 is 0 Å². The van der Waals surface area contributed by atoms with Gasteiger partial charge in [0.05, 0.1) is 12.6 Å². The number of esters is 1. The number of carbonyl (C=O) groups is 1. The predicted molar refractivity (Wildman–Crippen MR) is 77.1 cm³/mol. The number of halogens is 3. The van der Waals surface area contributed by atoms with Gasteiger partial charge in [0, 0.05) is 4.88 Å². The lowest BCUT2D eigenvalue weighted by molar-refractivity contribution is -0.292. The number of alkyl halides is 3. The van der Waals surface area contributed by atoms with Gasteiger partial charge >= 0.3 is 12.1 Å². The van der Waals surface area contributed by atoms with Gasteiger partial charge in [0.1, 0.15) is 5.92 Å². The fourth-order valence-electron chi connectivity index (χ4n) is 2.24. The molecule has 1 aromatic rings. The summed E-state index contributed by atoms with van der Waals surface area (Å²) in [6.45, 7) is 1.36. The zero-order chi connectivity index (χ0) is 16.5. The van der Waals surface area contributed by atoms with E-state index < -0.39 is 34.9 Å². The molecule has 1 aliphatic heterocycles. The standard InChI is InChI=1S/C12H13F3N2O3S2/c1-2-20-9(18)7-8(6-4-3-5-22-6)16-10(21)17-11(7,19)12(13,14)15/h3-5,7-8,19H,2H2,1H3,(H2,16,17,21)/t7-,8-,11+/m1/s1. The van der Waals surface area contributed by atoms with Crippen LogP contribution in [0.1, 0.15) is 17.8 Å². The van der Waals surface area contributed by atoms with Crippen LogP contribution in [0.2, 0.25) is 0 Å². The molecule has 0 unspecified atom stereocenters. The van der Waals surface area contributed by atoms with Gasteiger partial charge in [-0.25, -0.2) is 0 Å². The minimum Gasteiger partial charge on any atom is -0.466 e. The first-order valence-corrected chi connectivity index (χ1v) is 7.57. The van der Waals surface area contributed by atoms with Crippen molar-refractivity contribution in [2.75, 3.05) is 6.61 Å². The molecule has 0 spiro atoms. The molecule has 1 fully saturated rings. The Morgan fingerprint density at radius 1 is 1.59 bits per heavy atom. The van der Waals surface area contributed by atoms with Gasteiger partial charge in [0.25, 0.3) is 5.72 Å². The average molecular weight is 354 g/mol. The third kappa shape index (κ3) is 2.90. The summed E-state index contributed by atoms with van der Waals surface area (Å²) in [6.07, 6.45) is -5.12. The highest BCUT2D eigenvalue weighted by Crippen LogP contribution is 2.43.